The molecule has 1 fully saturated rings. The zero-order valence-electron chi connectivity index (χ0n) is 21.7. The number of fused-ring (bicyclic) bond motifs is 1. The Morgan fingerprint density at radius 2 is 1.62 bits per heavy atom. The van der Waals surface area contributed by atoms with Crippen LogP contribution in [0, 0.1) is 41.4 Å². The molecule has 4 rings (SSSR count). The average Bonchev–Trinajstić information content (AvgIpc) is 3.25. The molecule has 1 aliphatic carbocycles. The highest BCUT2D eigenvalue weighted by Crippen LogP contribution is 2.52. The van der Waals surface area contributed by atoms with Crippen LogP contribution in [0.5, 0.6) is 5.75 Å². The molecule has 1 aliphatic rings. The summed E-state index contributed by atoms with van der Waals surface area (Å²) in [6.07, 6.45) is 4.02. The van der Waals surface area contributed by atoms with Gasteiger partial charge in [-0.05, 0) is 72.6 Å². The molecular weight excluding hydrogens is 446 g/mol. The highest BCUT2D eigenvalue weighted by atomic mass is 35.5. The molecule has 2 heterocycles. The maximum Gasteiger partial charge on any atom is 0.315 e. The van der Waals surface area contributed by atoms with Crippen LogP contribution in [0.3, 0.4) is 0 Å². The normalized spacial score (nSPS) is 23.9. The van der Waals surface area contributed by atoms with Crippen LogP contribution in [-0.4, -0.2) is 20.6 Å². The van der Waals surface area contributed by atoms with Crippen LogP contribution in [0.1, 0.15) is 66.9 Å². The molecule has 3 aromatic rings. The Labute approximate surface area is 208 Å². The summed E-state index contributed by atoms with van der Waals surface area (Å²) >= 11 is 6.04. The third kappa shape index (κ3) is 4.77. The summed E-state index contributed by atoms with van der Waals surface area (Å²) in [6.45, 7) is 17.8. The summed E-state index contributed by atoms with van der Waals surface area (Å²) in [5.74, 6) is 2.08. The zero-order valence-corrected chi connectivity index (χ0v) is 22.5. The standard InChI is InChI=1S/C28H38ClN3O2/c1-16-13-20(27(3,4)5)22(21(14-16)28(6,7)8)26(33)34-23-17(2)15-32-25(23)30-24(31-32)18-9-11-19(29)12-10-18/h9-12,15-16,20-22H,13-14H2,1-8H3,(H,30,31). The van der Waals surface area contributed by atoms with Gasteiger partial charge in [0.1, 0.15) is 0 Å². The van der Waals surface area contributed by atoms with Gasteiger partial charge in [0.05, 0.1) is 5.92 Å². The van der Waals surface area contributed by atoms with Gasteiger partial charge in [-0.2, -0.15) is 0 Å². The van der Waals surface area contributed by atoms with Gasteiger partial charge in [0.2, 0.25) is 0 Å². The Hall–Kier alpha value is -2.27. The van der Waals surface area contributed by atoms with Crippen LogP contribution in [0.15, 0.2) is 30.5 Å². The summed E-state index contributed by atoms with van der Waals surface area (Å²) in [5.41, 5.74) is 2.46. The SMILES string of the molecule is Cc1cn2[nH]c(-c3ccc(Cl)cc3)nc2c1OC(=O)C1C(C(C)(C)C)CC(C)CC1C(C)(C)C. The summed E-state index contributed by atoms with van der Waals surface area (Å²) in [4.78, 5) is 18.7. The predicted octanol–water partition coefficient (Wildman–Crippen LogP) is 7.57. The van der Waals surface area contributed by atoms with Gasteiger partial charge in [-0.3, -0.25) is 9.89 Å². The van der Waals surface area contributed by atoms with E-state index in [4.69, 9.17) is 21.3 Å². The first-order valence-electron chi connectivity index (χ1n) is 12.3. The maximum absolute atomic E-state index is 13.9. The Balaban J connectivity index is 1.70. The van der Waals surface area contributed by atoms with E-state index in [-0.39, 0.29) is 34.6 Å². The van der Waals surface area contributed by atoms with Gasteiger partial charge in [0, 0.05) is 22.3 Å². The Morgan fingerprint density at radius 1 is 1.06 bits per heavy atom. The van der Waals surface area contributed by atoms with Crippen LogP contribution in [0.25, 0.3) is 17.0 Å². The molecule has 0 saturated heterocycles. The Kier molecular flexibility index (Phi) is 6.39. The number of benzene rings is 1. The lowest BCUT2D eigenvalue weighted by atomic mass is 9.55. The molecule has 1 aromatic carbocycles. The van der Waals surface area contributed by atoms with E-state index in [1.807, 2.05) is 41.9 Å². The molecule has 0 bridgehead atoms. The van der Waals surface area contributed by atoms with Gasteiger partial charge in [0.15, 0.2) is 17.2 Å². The Bertz CT molecular complexity index is 1150. The van der Waals surface area contributed by atoms with Crippen LogP contribution < -0.4 is 4.74 Å². The number of halogens is 1. The van der Waals surface area contributed by atoms with E-state index in [9.17, 15) is 4.79 Å². The molecule has 2 atom stereocenters. The van der Waals surface area contributed by atoms with Gasteiger partial charge in [0.25, 0.3) is 0 Å². The first-order valence-corrected chi connectivity index (χ1v) is 12.7. The molecule has 6 heteroatoms. The lowest BCUT2D eigenvalue weighted by molar-refractivity contribution is -0.152. The second-order valence-electron chi connectivity index (χ2n) is 12.4. The van der Waals surface area contributed by atoms with Crippen molar-refractivity contribution >= 4 is 23.2 Å². The second-order valence-corrected chi connectivity index (χ2v) is 12.8. The van der Waals surface area contributed by atoms with Crippen LogP contribution in [-0.2, 0) is 4.79 Å². The monoisotopic (exact) mass is 483 g/mol. The van der Waals surface area contributed by atoms with Crippen molar-refractivity contribution in [2.75, 3.05) is 0 Å². The maximum atomic E-state index is 13.9. The van der Waals surface area contributed by atoms with Crippen molar-refractivity contribution in [2.45, 2.75) is 68.2 Å². The molecular formula is C28H38ClN3O2. The molecule has 5 nitrogen and oxygen atoms in total. The highest BCUT2D eigenvalue weighted by molar-refractivity contribution is 6.30. The zero-order chi connectivity index (χ0) is 25.0. The fraction of sp³-hybridized carbons (Fsp3) is 0.571. The first kappa shape index (κ1) is 24.8. The molecule has 0 aliphatic heterocycles. The van der Waals surface area contributed by atoms with Crippen molar-refractivity contribution in [1.29, 1.82) is 0 Å². The molecule has 0 spiro atoms. The third-order valence-electron chi connectivity index (χ3n) is 7.55. The van der Waals surface area contributed by atoms with Gasteiger partial charge in [-0.25, -0.2) is 9.50 Å². The van der Waals surface area contributed by atoms with E-state index in [0.717, 1.165) is 24.0 Å². The smallest absolute Gasteiger partial charge is 0.315 e. The van der Waals surface area contributed by atoms with Crippen molar-refractivity contribution in [2.24, 2.45) is 34.5 Å². The van der Waals surface area contributed by atoms with Crippen LogP contribution in [0.2, 0.25) is 5.02 Å². The second kappa shape index (κ2) is 8.75. The number of esters is 1. The molecule has 2 aromatic heterocycles. The number of nitrogens with one attached hydrogen (secondary N) is 1. The fourth-order valence-electron chi connectivity index (χ4n) is 5.72. The minimum absolute atomic E-state index is 0.0150. The van der Waals surface area contributed by atoms with Crippen molar-refractivity contribution in [1.82, 2.24) is 14.6 Å². The van der Waals surface area contributed by atoms with Crippen molar-refractivity contribution in [3.05, 3.63) is 41.0 Å². The number of aromatic amines is 1. The van der Waals surface area contributed by atoms with Crippen LogP contribution >= 0.6 is 11.6 Å². The number of ether oxygens (including phenoxy) is 1. The van der Waals surface area contributed by atoms with Crippen molar-refractivity contribution < 1.29 is 9.53 Å². The molecule has 184 valence electrons. The number of rotatable bonds is 3. The summed E-state index contributed by atoms with van der Waals surface area (Å²) in [6, 6.07) is 7.52. The molecule has 2 unspecified atom stereocenters. The lowest BCUT2D eigenvalue weighted by Gasteiger charge is -2.49. The molecule has 1 N–H and O–H groups in total. The largest absolute Gasteiger partial charge is 0.422 e. The minimum atomic E-state index is -0.153. The topological polar surface area (TPSA) is 59.4 Å². The van der Waals surface area contributed by atoms with E-state index in [1.165, 1.54) is 0 Å². The minimum Gasteiger partial charge on any atom is -0.422 e. The molecule has 0 amide bonds. The van der Waals surface area contributed by atoms with E-state index in [1.54, 1.807) is 0 Å². The summed E-state index contributed by atoms with van der Waals surface area (Å²) in [7, 11) is 0. The van der Waals surface area contributed by atoms with Crippen molar-refractivity contribution in [3.8, 4) is 17.1 Å². The highest BCUT2D eigenvalue weighted by Gasteiger charge is 2.50. The number of H-pyrrole nitrogens is 1. The number of carbonyl (C=O) groups is 1. The predicted molar refractivity (Wildman–Crippen MR) is 138 cm³/mol. The number of hydrogen-bond acceptors (Lipinski definition) is 3. The molecule has 1 saturated carbocycles. The van der Waals surface area contributed by atoms with Gasteiger partial charge in [-0.15, -0.1) is 0 Å². The van der Waals surface area contributed by atoms with E-state index < -0.39 is 0 Å². The van der Waals surface area contributed by atoms with E-state index in [2.05, 4.69) is 53.6 Å². The number of nitrogens with zero attached hydrogens (tertiary/aromatic N) is 2. The quantitative estimate of drug-likeness (QED) is 0.391. The van der Waals surface area contributed by atoms with Crippen molar-refractivity contribution in [3.63, 3.8) is 0 Å². The van der Waals surface area contributed by atoms with E-state index in [0.29, 0.717) is 28.2 Å². The van der Waals surface area contributed by atoms with Gasteiger partial charge < -0.3 is 4.74 Å². The Morgan fingerprint density at radius 3 is 2.15 bits per heavy atom. The number of aromatic nitrogens is 3. The lowest BCUT2D eigenvalue weighted by Crippen LogP contribution is -2.48. The molecule has 0 radical (unpaired) electrons. The summed E-state index contributed by atoms with van der Waals surface area (Å²) < 4.78 is 8.06. The molecule has 34 heavy (non-hydrogen) atoms. The van der Waals surface area contributed by atoms with Crippen LogP contribution in [0.4, 0.5) is 0 Å². The summed E-state index contributed by atoms with van der Waals surface area (Å²) in [5, 5.41) is 3.97. The number of aryl methyl sites for hydroxylation is 1. The number of carbonyl (C=O) groups excluding carboxylic acids is 1. The van der Waals surface area contributed by atoms with Gasteiger partial charge >= 0.3 is 5.97 Å². The first-order chi connectivity index (χ1) is 15.8. The number of hydrogen-bond donors (Lipinski definition) is 1. The van der Waals surface area contributed by atoms with Gasteiger partial charge in [-0.1, -0.05) is 60.1 Å². The third-order valence-corrected chi connectivity index (χ3v) is 7.81. The fourth-order valence-corrected chi connectivity index (χ4v) is 5.84. The average molecular weight is 484 g/mol. The van der Waals surface area contributed by atoms with E-state index >= 15 is 0 Å².